The summed E-state index contributed by atoms with van der Waals surface area (Å²) >= 11 is 0. The van der Waals surface area contributed by atoms with E-state index in [1.165, 1.54) is 10.8 Å². The Balaban J connectivity index is 1.73. The molecule has 4 heteroatoms. The predicted octanol–water partition coefficient (Wildman–Crippen LogP) is 4.03. The molecule has 0 aliphatic carbocycles. The van der Waals surface area contributed by atoms with Crippen molar-refractivity contribution in [1.82, 2.24) is 10.1 Å². The highest BCUT2D eigenvalue weighted by Crippen LogP contribution is 2.23. The fourth-order valence-electron chi connectivity index (χ4n) is 2.36. The van der Waals surface area contributed by atoms with Gasteiger partial charge in [-0.25, -0.2) is 0 Å². The molecule has 4 nitrogen and oxygen atoms in total. The molecule has 0 atom stereocenters. The van der Waals surface area contributed by atoms with Crippen molar-refractivity contribution in [2.75, 3.05) is 5.32 Å². The molecule has 0 fully saturated rings. The van der Waals surface area contributed by atoms with Gasteiger partial charge in [-0.05, 0) is 17.4 Å². The first-order valence-electron chi connectivity index (χ1n) is 7.25. The van der Waals surface area contributed by atoms with Gasteiger partial charge in [0, 0.05) is 17.5 Å². The van der Waals surface area contributed by atoms with Crippen LogP contribution in [-0.2, 0) is 13.0 Å². The van der Waals surface area contributed by atoms with Crippen molar-refractivity contribution in [2.45, 2.75) is 26.8 Å². The molecular formula is C17H19N3O. The molecule has 0 amide bonds. The van der Waals surface area contributed by atoms with Gasteiger partial charge >= 0.3 is 0 Å². The molecule has 1 heterocycles. The number of aromatic nitrogens is 2. The van der Waals surface area contributed by atoms with Gasteiger partial charge in [-0.15, -0.1) is 0 Å². The van der Waals surface area contributed by atoms with Gasteiger partial charge in [-0.2, -0.15) is 4.98 Å². The molecule has 0 saturated heterocycles. The van der Waals surface area contributed by atoms with E-state index in [4.69, 9.17) is 4.52 Å². The minimum Gasteiger partial charge on any atom is -0.376 e. The molecule has 0 unspecified atom stereocenters. The molecule has 3 rings (SSSR count). The van der Waals surface area contributed by atoms with Crippen molar-refractivity contribution in [2.24, 2.45) is 5.92 Å². The molecule has 21 heavy (non-hydrogen) atoms. The Kier molecular flexibility index (Phi) is 3.86. The van der Waals surface area contributed by atoms with Gasteiger partial charge < -0.3 is 9.84 Å². The molecular weight excluding hydrogens is 262 g/mol. The molecule has 0 bridgehead atoms. The minimum absolute atomic E-state index is 0.529. The third kappa shape index (κ3) is 3.21. The van der Waals surface area contributed by atoms with Crippen molar-refractivity contribution >= 4 is 16.5 Å². The van der Waals surface area contributed by atoms with E-state index < -0.39 is 0 Å². The lowest BCUT2D eigenvalue weighted by Gasteiger charge is -2.07. The number of fused-ring (bicyclic) bond motifs is 1. The first-order chi connectivity index (χ1) is 10.2. The SMILES string of the molecule is CC(C)Cc1noc(CNc2cccc3ccccc23)n1. The second-order valence-electron chi connectivity index (χ2n) is 5.58. The number of nitrogens with zero attached hydrogens (tertiary/aromatic N) is 2. The van der Waals surface area contributed by atoms with E-state index in [0.29, 0.717) is 18.4 Å². The highest BCUT2D eigenvalue weighted by molar-refractivity contribution is 5.93. The van der Waals surface area contributed by atoms with Gasteiger partial charge in [-0.1, -0.05) is 55.4 Å². The van der Waals surface area contributed by atoms with E-state index in [9.17, 15) is 0 Å². The fourth-order valence-corrected chi connectivity index (χ4v) is 2.36. The Hall–Kier alpha value is -2.36. The zero-order valence-electron chi connectivity index (χ0n) is 12.3. The van der Waals surface area contributed by atoms with Gasteiger partial charge in [0.2, 0.25) is 5.89 Å². The summed E-state index contributed by atoms with van der Waals surface area (Å²) in [6, 6.07) is 14.5. The van der Waals surface area contributed by atoms with Gasteiger partial charge in [0.05, 0.1) is 6.54 Å². The van der Waals surface area contributed by atoms with Crippen molar-refractivity contribution in [1.29, 1.82) is 0 Å². The molecule has 2 aromatic carbocycles. The Bertz CT molecular complexity index is 728. The zero-order valence-corrected chi connectivity index (χ0v) is 12.3. The first kappa shape index (κ1) is 13.6. The summed E-state index contributed by atoms with van der Waals surface area (Å²) in [4.78, 5) is 4.41. The van der Waals surface area contributed by atoms with Gasteiger partial charge in [0.15, 0.2) is 5.82 Å². The van der Waals surface area contributed by atoms with Crippen LogP contribution in [0.5, 0.6) is 0 Å². The van der Waals surface area contributed by atoms with Crippen LogP contribution < -0.4 is 5.32 Å². The maximum atomic E-state index is 5.28. The van der Waals surface area contributed by atoms with Crippen LogP contribution in [0.4, 0.5) is 5.69 Å². The smallest absolute Gasteiger partial charge is 0.245 e. The molecule has 0 aliphatic rings. The summed E-state index contributed by atoms with van der Waals surface area (Å²) in [5, 5.41) is 9.79. The minimum atomic E-state index is 0.529. The zero-order chi connectivity index (χ0) is 14.7. The Labute approximate surface area is 124 Å². The number of anilines is 1. The average molecular weight is 281 g/mol. The van der Waals surface area contributed by atoms with Crippen LogP contribution >= 0.6 is 0 Å². The van der Waals surface area contributed by atoms with Crippen LogP contribution in [0.1, 0.15) is 25.6 Å². The summed E-state index contributed by atoms with van der Waals surface area (Å²) in [5.74, 6) is 1.93. The van der Waals surface area contributed by atoms with Crippen LogP contribution in [0.25, 0.3) is 10.8 Å². The van der Waals surface area contributed by atoms with E-state index >= 15 is 0 Å². The van der Waals surface area contributed by atoms with Crippen molar-refractivity contribution in [3.8, 4) is 0 Å². The topological polar surface area (TPSA) is 51.0 Å². The van der Waals surface area contributed by atoms with Crippen molar-refractivity contribution in [3.05, 3.63) is 54.2 Å². The fraction of sp³-hybridized carbons (Fsp3) is 0.294. The highest BCUT2D eigenvalue weighted by Gasteiger charge is 2.08. The maximum absolute atomic E-state index is 5.28. The van der Waals surface area contributed by atoms with Crippen LogP contribution in [0.3, 0.4) is 0 Å². The second-order valence-corrected chi connectivity index (χ2v) is 5.58. The number of rotatable bonds is 5. The van der Waals surface area contributed by atoms with Crippen LogP contribution in [0.2, 0.25) is 0 Å². The van der Waals surface area contributed by atoms with Crippen molar-refractivity contribution < 1.29 is 4.52 Å². The predicted molar refractivity (Wildman–Crippen MR) is 84.1 cm³/mol. The summed E-state index contributed by atoms with van der Waals surface area (Å²) in [5.41, 5.74) is 1.08. The first-order valence-corrected chi connectivity index (χ1v) is 7.25. The number of nitrogens with one attached hydrogen (secondary N) is 1. The lowest BCUT2D eigenvalue weighted by Crippen LogP contribution is -2.01. The number of hydrogen-bond donors (Lipinski definition) is 1. The van der Waals surface area contributed by atoms with E-state index in [2.05, 4.69) is 53.6 Å². The molecule has 0 radical (unpaired) electrons. The van der Waals surface area contributed by atoms with E-state index in [-0.39, 0.29) is 0 Å². The Morgan fingerprint density at radius 2 is 1.90 bits per heavy atom. The molecule has 0 spiro atoms. The van der Waals surface area contributed by atoms with Crippen LogP contribution in [0.15, 0.2) is 47.0 Å². The standard InChI is InChI=1S/C17H19N3O/c1-12(2)10-16-19-17(21-20-16)11-18-15-9-5-7-13-6-3-4-8-14(13)15/h3-9,12,18H,10-11H2,1-2H3. The van der Waals surface area contributed by atoms with E-state index in [1.54, 1.807) is 0 Å². The van der Waals surface area contributed by atoms with Crippen molar-refractivity contribution in [3.63, 3.8) is 0 Å². The molecule has 1 aromatic heterocycles. The maximum Gasteiger partial charge on any atom is 0.245 e. The average Bonchev–Trinajstić information content (AvgIpc) is 2.92. The summed E-state index contributed by atoms with van der Waals surface area (Å²) in [6.45, 7) is 4.83. The second kappa shape index (κ2) is 5.95. The molecule has 108 valence electrons. The van der Waals surface area contributed by atoms with Gasteiger partial charge in [0.1, 0.15) is 0 Å². The normalized spacial score (nSPS) is 11.2. The van der Waals surface area contributed by atoms with Crippen LogP contribution in [0, 0.1) is 5.92 Å². The summed E-state index contributed by atoms with van der Waals surface area (Å²) in [7, 11) is 0. The molecule has 0 saturated carbocycles. The largest absolute Gasteiger partial charge is 0.376 e. The molecule has 0 aliphatic heterocycles. The summed E-state index contributed by atoms with van der Waals surface area (Å²) in [6.07, 6.45) is 0.845. The summed E-state index contributed by atoms with van der Waals surface area (Å²) < 4.78 is 5.28. The highest BCUT2D eigenvalue weighted by atomic mass is 16.5. The number of benzene rings is 2. The lowest BCUT2D eigenvalue weighted by atomic mass is 10.1. The third-order valence-electron chi connectivity index (χ3n) is 3.32. The Morgan fingerprint density at radius 3 is 2.76 bits per heavy atom. The third-order valence-corrected chi connectivity index (χ3v) is 3.32. The molecule has 3 aromatic rings. The van der Waals surface area contributed by atoms with Crippen LogP contribution in [-0.4, -0.2) is 10.1 Å². The van der Waals surface area contributed by atoms with Gasteiger partial charge in [-0.3, -0.25) is 0 Å². The number of hydrogen-bond acceptors (Lipinski definition) is 4. The monoisotopic (exact) mass is 281 g/mol. The van der Waals surface area contributed by atoms with Gasteiger partial charge in [0.25, 0.3) is 0 Å². The lowest BCUT2D eigenvalue weighted by molar-refractivity contribution is 0.375. The Morgan fingerprint density at radius 1 is 1.10 bits per heavy atom. The van der Waals surface area contributed by atoms with E-state index in [0.717, 1.165) is 17.9 Å². The quantitative estimate of drug-likeness (QED) is 0.767. The molecule has 1 N–H and O–H groups in total. The van der Waals surface area contributed by atoms with E-state index in [1.807, 2.05) is 18.2 Å².